The molecule has 2 aromatic heterocycles. The van der Waals surface area contributed by atoms with E-state index in [1.807, 2.05) is 0 Å². The van der Waals surface area contributed by atoms with Crippen LogP contribution in [0.15, 0.2) is 17.2 Å². The van der Waals surface area contributed by atoms with E-state index in [4.69, 9.17) is 14.2 Å². The summed E-state index contributed by atoms with van der Waals surface area (Å²) in [5, 5.41) is 4.08. The van der Waals surface area contributed by atoms with Crippen LogP contribution in [-0.2, 0) is 33.4 Å². The molecule has 238 valence electrons. The molecule has 2 aromatic rings. The minimum absolute atomic E-state index is 0.0946. The van der Waals surface area contributed by atoms with Crippen LogP contribution in [0.1, 0.15) is 29.3 Å². The Morgan fingerprint density at radius 3 is 2.28 bits per heavy atom. The monoisotopic (exact) mass is 638 g/mol. The summed E-state index contributed by atoms with van der Waals surface area (Å²) in [5.41, 5.74) is -4.12. The SMILES string of the molecule is C[Si](C)(C)CCOCn1nc2c(c(C(F)(F)F)c1=O)OCCC2OCC(=O)N1CCN(c2ncc(C(F)(F)F)cn2)CC1. The van der Waals surface area contributed by atoms with Crippen LogP contribution in [0.5, 0.6) is 5.75 Å². The Labute approximate surface area is 243 Å². The van der Waals surface area contributed by atoms with Crippen molar-refractivity contribution in [2.24, 2.45) is 0 Å². The number of aromatic nitrogens is 4. The third kappa shape index (κ3) is 8.23. The second-order valence-corrected chi connectivity index (χ2v) is 16.9. The van der Waals surface area contributed by atoms with Crippen molar-refractivity contribution in [1.82, 2.24) is 24.6 Å². The fraction of sp³-hybridized carbons (Fsp3) is 0.640. The topological polar surface area (TPSA) is 112 Å². The second kappa shape index (κ2) is 12.8. The molecule has 0 N–H and O–H groups in total. The number of amides is 1. The molecule has 1 atom stereocenters. The van der Waals surface area contributed by atoms with E-state index in [0.29, 0.717) is 17.1 Å². The molecule has 1 saturated heterocycles. The summed E-state index contributed by atoms with van der Waals surface area (Å²) in [6.45, 7) is 6.32. The van der Waals surface area contributed by atoms with E-state index in [1.54, 1.807) is 4.90 Å². The van der Waals surface area contributed by atoms with Crippen molar-refractivity contribution < 1.29 is 45.3 Å². The maximum atomic E-state index is 14.0. The zero-order valence-electron chi connectivity index (χ0n) is 23.8. The minimum atomic E-state index is -5.03. The Balaban J connectivity index is 1.40. The molecule has 4 heterocycles. The summed E-state index contributed by atoms with van der Waals surface area (Å²) >= 11 is 0. The van der Waals surface area contributed by atoms with Crippen molar-refractivity contribution in [1.29, 1.82) is 0 Å². The smallest absolute Gasteiger partial charge is 0.425 e. The van der Waals surface area contributed by atoms with E-state index >= 15 is 0 Å². The van der Waals surface area contributed by atoms with Gasteiger partial charge in [-0.15, -0.1) is 0 Å². The van der Waals surface area contributed by atoms with Crippen LogP contribution in [-0.4, -0.2) is 84.6 Å². The van der Waals surface area contributed by atoms with Crippen molar-refractivity contribution in [2.45, 2.75) is 57.3 Å². The molecule has 4 rings (SSSR count). The highest BCUT2D eigenvalue weighted by Gasteiger charge is 2.43. The number of ether oxygens (including phenoxy) is 3. The first kappa shape index (κ1) is 32.7. The summed E-state index contributed by atoms with van der Waals surface area (Å²) in [5.74, 6) is -1.07. The fourth-order valence-corrected chi connectivity index (χ4v) is 5.17. The molecular formula is C25H32F6N6O5Si. The van der Waals surface area contributed by atoms with Gasteiger partial charge >= 0.3 is 12.4 Å². The van der Waals surface area contributed by atoms with E-state index in [9.17, 15) is 35.9 Å². The highest BCUT2D eigenvalue weighted by molar-refractivity contribution is 6.76. The Bertz CT molecular complexity index is 1340. The normalized spacial score (nSPS) is 17.9. The van der Waals surface area contributed by atoms with Crippen LogP contribution < -0.4 is 15.2 Å². The number of alkyl halides is 6. The number of hydrogen-bond donors (Lipinski definition) is 0. The predicted octanol–water partition coefficient (Wildman–Crippen LogP) is 3.57. The molecular weight excluding hydrogens is 606 g/mol. The van der Waals surface area contributed by atoms with Crippen LogP contribution in [0.2, 0.25) is 25.7 Å². The average molecular weight is 639 g/mol. The van der Waals surface area contributed by atoms with E-state index < -0.39 is 68.2 Å². The minimum Gasteiger partial charge on any atom is -0.491 e. The molecule has 2 aliphatic heterocycles. The molecule has 0 radical (unpaired) electrons. The molecule has 0 bridgehead atoms. The number of hydrogen-bond acceptors (Lipinski definition) is 9. The Hall–Kier alpha value is -3.25. The largest absolute Gasteiger partial charge is 0.491 e. The zero-order chi connectivity index (χ0) is 31.6. The number of anilines is 1. The first-order valence-corrected chi connectivity index (χ1v) is 17.2. The zero-order valence-corrected chi connectivity index (χ0v) is 24.8. The van der Waals surface area contributed by atoms with Gasteiger partial charge in [0, 0.05) is 59.7 Å². The molecule has 1 amide bonds. The summed E-state index contributed by atoms with van der Waals surface area (Å²) in [7, 11) is -1.48. The predicted molar refractivity (Wildman–Crippen MR) is 142 cm³/mol. The number of carbonyl (C=O) groups excluding carboxylic acids is 1. The summed E-state index contributed by atoms with van der Waals surface area (Å²) in [6, 6.07) is 0.738. The van der Waals surface area contributed by atoms with Gasteiger partial charge in [-0.2, -0.15) is 31.4 Å². The molecule has 11 nitrogen and oxygen atoms in total. The van der Waals surface area contributed by atoms with Gasteiger partial charge in [0.1, 0.15) is 25.1 Å². The van der Waals surface area contributed by atoms with Crippen LogP contribution in [0.25, 0.3) is 0 Å². The molecule has 43 heavy (non-hydrogen) atoms. The molecule has 0 spiro atoms. The van der Waals surface area contributed by atoms with Gasteiger partial charge in [0.2, 0.25) is 11.9 Å². The lowest BCUT2D eigenvalue weighted by Gasteiger charge is -2.35. The first-order valence-electron chi connectivity index (χ1n) is 13.5. The van der Waals surface area contributed by atoms with E-state index in [-0.39, 0.29) is 57.5 Å². The number of halogens is 6. The molecule has 0 aliphatic carbocycles. The Kier molecular flexibility index (Phi) is 9.70. The van der Waals surface area contributed by atoms with Crippen molar-refractivity contribution >= 4 is 19.9 Å². The number of piperazine rings is 1. The summed E-state index contributed by atoms with van der Waals surface area (Å²) in [4.78, 5) is 36.2. The maximum Gasteiger partial charge on any atom is 0.425 e. The van der Waals surface area contributed by atoms with Gasteiger partial charge in [-0.3, -0.25) is 9.59 Å². The van der Waals surface area contributed by atoms with Gasteiger partial charge in [-0.1, -0.05) is 19.6 Å². The first-order chi connectivity index (χ1) is 20.0. The van der Waals surface area contributed by atoms with Gasteiger partial charge in [-0.25, -0.2) is 14.6 Å². The number of carbonyl (C=O) groups is 1. The second-order valence-electron chi connectivity index (χ2n) is 11.3. The molecule has 1 fully saturated rings. The standard InChI is InChI=1S/C25H32F6N6O5Si/c1-43(2,3)11-10-40-15-37-22(39)19(25(29,30)31)21-20(34-37)17(4-9-41-21)42-14-18(38)35-5-7-36(8-6-35)23-32-12-16(13-33-23)24(26,27)28/h12-13,17H,4-11,14-15H2,1-3H3. The van der Waals surface area contributed by atoms with Crippen molar-refractivity contribution in [3.63, 3.8) is 0 Å². The van der Waals surface area contributed by atoms with Crippen LogP contribution >= 0.6 is 0 Å². The van der Waals surface area contributed by atoms with Crippen LogP contribution in [0.4, 0.5) is 32.3 Å². The lowest BCUT2D eigenvalue weighted by atomic mass is 10.1. The van der Waals surface area contributed by atoms with Crippen LogP contribution in [0.3, 0.4) is 0 Å². The summed E-state index contributed by atoms with van der Waals surface area (Å²) < 4.78 is 97.2. The van der Waals surface area contributed by atoms with Gasteiger partial charge in [0.25, 0.3) is 5.56 Å². The molecule has 0 saturated carbocycles. The number of nitrogens with zero attached hydrogens (tertiary/aromatic N) is 6. The highest BCUT2D eigenvalue weighted by Crippen LogP contribution is 2.41. The maximum absolute atomic E-state index is 14.0. The van der Waals surface area contributed by atoms with Gasteiger partial charge < -0.3 is 24.0 Å². The van der Waals surface area contributed by atoms with E-state index in [1.165, 1.54) is 4.90 Å². The van der Waals surface area contributed by atoms with Crippen LogP contribution in [0, 0.1) is 0 Å². The van der Waals surface area contributed by atoms with Gasteiger partial charge in [-0.05, 0) is 6.04 Å². The van der Waals surface area contributed by atoms with Crippen molar-refractivity contribution in [3.8, 4) is 5.75 Å². The Morgan fingerprint density at radius 2 is 1.70 bits per heavy atom. The third-order valence-corrected chi connectivity index (χ3v) is 8.55. The highest BCUT2D eigenvalue weighted by atomic mass is 28.3. The number of fused-ring (bicyclic) bond motifs is 1. The molecule has 2 aliphatic rings. The molecule has 18 heteroatoms. The Morgan fingerprint density at radius 1 is 1.05 bits per heavy atom. The fourth-order valence-electron chi connectivity index (χ4n) is 4.42. The van der Waals surface area contributed by atoms with Crippen molar-refractivity contribution in [3.05, 3.63) is 39.6 Å². The van der Waals surface area contributed by atoms with E-state index in [2.05, 4.69) is 34.7 Å². The van der Waals surface area contributed by atoms with Gasteiger partial charge in [0.05, 0.1) is 12.2 Å². The van der Waals surface area contributed by atoms with Crippen molar-refractivity contribution in [2.75, 3.05) is 50.9 Å². The quantitative estimate of drug-likeness (QED) is 0.231. The molecule has 1 unspecified atom stereocenters. The summed E-state index contributed by atoms with van der Waals surface area (Å²) in [6.07, 6.45) is -9.16. The molecule has 0 aromatic carbocycles. The number of rotatable bonds is 9. The average Bonchev–Trinajstić information content (AvgIpc) is 2.92. The lowest BCUT2D eigenvalue weighted by Crippen LogP contribution is -2.50. The lowest BCUT2D eigenvalue weighted by molar-refractivity contribution is -0.143. The van der Waals surface area contributed by atoms with Gasteiger partial charge in [0.15, 0.2) is 11.3 Å². The third-order valence-electron chi connectivity index (χ3n) is 6.85. The van der Waals surface area contributed by atoms with E-state index in [0.717, 1.165) is 6.04 Å².